The van der Waals surface area contributed by atoms with Crippen molar-refractivity contribution in [3.05, 3.63) is 11.6 Å². The smallest absolute Gasteiger partial charge is 0.190 e. The minimum atomic E-state index is -1.54. The van der Waals surface area contributed by atoms with E-state index in [-0.39, 0.29) is 29.0 Å². The number of hydrogen-bond acceptors (Lipinski definition) is 5. The van der Waals surface area contributed by atoms with E-state index in [0.717, 1.165) is 25.7 Å². The number of Topliss-reactive ketones (excluding diaryl/α,β-unsaturated/α-hetero) is 1. The van der Waals surface area contributed by atoms with Crippen molar-refractivity contribution in [2.24, 2.45) is 28.6 Å². The fourth-order valence-corrected chi connectivity index (χ4v) is 7.74. The van der Waals surface area contributed by atoms with Gasteiger partial charge in [0.1, 0.15) is 12.2 Å². The van der Waals surface area contributed by atoms with Crippen molar-refractivity contribution >= 4 is 11.6 Å². The van der Waals surface area contributed by atoms with Gasteiger partial charge < -0.3 is 15.3 Å². The maximum absolute atomic E-state index is 12.5. The third-order valence-electron chi connectivity index (χ3n) is 8.99. The van der Waals surface area contributed by atoms with Gasteiger partial charge in [-0.3, -0.25) is 9.59 Å². The van der Waals surface area contributed by atoms with Gasteiger partial charge in [-0.25, -0.2) is 0 Å². The first kappa shape index (κ1) is 19.3. The first-order valence-electron chi connectivity index (χ1n) is 10.5. The number of aliphatic hydroxyl groups is 3. The van der Waals surface area contributed by atoms with Crippen molar-refractivity contribution in [1.82, 2.24) is 0 Å². The second kappa shape index (κ2) is 6.23. The van der Waals surface area contributed by atoms with Gasteiger partial charge in [0, 0.05) is 11.8 Å². The van der Waals surface area contributed by atoms with Gasteiger partial charge >= 0.3 is 0 Å². The Hall–Kier alpha value is -1.04. The zero-order chi connectivity index (χ0) is 19.6. The molecule has 0 heterocycles. The summed E-state index contributed by atoms with van der Waals surface area (Å²) in [7, 11) is 0. The number of aliphatic hydroxyl groups excluding tert-OH is 2. The Morgan fingerprint density at radius 3 is 2.67 bits per heavy atom. The highest BCUT2D eigenvalue weighted by Gasteiger charge is 2.69. The summed E-state index contributed by atoms with van der Waals surface area (Å²) in [5, 5.41) is 32.1. The number of fused-ring (bicyclic) bond motifs is 5. The maximum Gasteiger partial charge on any atom is 0.190 e. The maximum atomic E-state index is 12.5. The molecule has 5 nitrogen and oxygen atoms in total. The van der Waals surface area contributed by atoms with E-state index >= 15 is 0 Å². The molecule has 0 amide bonds. The molecule has 0 spiro atoms. The number of allylic oxidation sites excluding steroid dienone is 1. The second-order valence-electron chi connectivity index (χ2n) is 9.65. The van der Waals surface area contributed by atoms with E-state index in [2.05, 4.69) is 6.92 Å². The highest BCUT2D eigenvalue weighted by molar-refractivity contribution is 5.91. The summed E-state index contributed by atoms with van der Waals surface area (Å²) in [6.45, 7) is 3.54. The monoisotopic (exact) mass is 376 g/mol. The molecule has 150 valence electrons. The topological polar surface area (TPSA) is 94.8 Å². The van der Waals surface area contributed by atoms with Crippen molar-refractivity contribution in [2.45, 2.75) is 76.9 Å². The van der Waals surface area contributed by atoms with E-state index in [1.807, 2.05) is 13.0 Å². The summed E-state index contributed by atoms with van der Waals surface area (Å²) in [5.41, 5.74) is -1.18. The van der Waals surface area contributed by atoms with Crippen LogP contribution in [0.15, 0.2) is 11.6 Å². The van der Waals surface area contributed by atoms with Crippen LogP contribution in [0.2, 0.25) is 0 Å². The number of carbonyl (C=O) groups excluding carboxylic acids is 2. The molecular formula is C22H32O5. The Morgan fingerprint density at radius 2 is 2.00 bits per heavy atom. The molecule has 0 unspecified atom stereocenters. The van der Waals surface area contributed by atoms with Crippen LogP contribution >= 0.6 is 0 Å². The third-order valence-corrected chi connectivity index (χ3v) is 8.99. The molecule has 0 aliphatic heterocycles. The van der Waals surface area contributed by atoms with E-state index in [1.165, 1.54) is 5.57 Å². The van der Waals surface area contributed by atoms with Crippen LogP contribution in [-0.2, 0) is 9.59 Å². The van der Waals surface area contributed by atoms with E-state index in [1.54, 1.807) is 0 Å². The molecule has 7 atom stereocenters. The summed E-state index contributed by atoms with van der Waals surface area (Å²) < 4.78 is 0. The van der Waals surface area contributed by atoms with E-state index in [4.69, 9.17) is 0 Å². The predicted octanol–water partition coefficient (Wildman–Crippen LogP) is 2.17. The molecule has 0 aromatic carbocycles. The fraction of sp³-hybridized carbons (Fsp3) is 0.818. The first-order chi connectivity index (χ1) is 12.7. The van der Waals surface area contributed by atoms with Gasteiger partial charge in [0.15, 0.2) is 11.6 Å². The summed E-state index contributed by atoms with van der Waals surface area (Å²) in [4.78, 5) is 24.5. The Morgan fingerprint density at radius 1 is 1.26 bits per heavy atom. The van der Waals surface area contributed by atoms with Crippen LogP contribution in [0.3, 0.4) is 0 Å². The molecule has 4 aliphatic carbocycles. The SMILES string of the molecule is CC[C@]12C[C@H](O)[C@H]3[C@@H](CCC4=CC(=O)CC[C@@]43C)[C@@H]1CC[C@]2(O)C(=O)CO. The minimum absolute atomic E-state index is 0.0712. The molecule has 0 radical (unpaired) electrons. The normalized spacial score (nSPS) is 49.1. The highest BCUT2D eigenvalue weighted by atomic mass is 16.3. The molecular weight excluding hydrogens is 344 g/mol. The molecule has 4 aliphatic rings. The summed E-state index contributed by atoms with van der Waals surface area (Å²) in [5.74, 6) is 0.181. The number of hydrogen-bond donors (Lipinski definition) is 3. The minimum Gasteiger partial charge on any atom is -0.393 e. The van der Waals surface area contributed by atoms with Crippen LogP contribution in [0, 0.1) is 28.6 Å². The first-order valence-corrected chi connectivity index (χ1v) is 10.5. The molecule has 3 fully saturated rings. The quantitative estimate of drug-likeness (QED) is 0.702. The van der Waals surface area contributed by atoms with Gasteiger partial charge in [0.2, 0.25) is 0 Å². The third kappa shape index (κ3) is 2.34. The average molecular weight is 376 g/mol. The van der Waals surface area contributed by atoms with Crippen LogP contribution in [0.1, 0.15) is 65.2 Å². The zero-order valence-electron chi connectivity index (χ0n) is 16.4. The van der Waals surface area contributed by atoms with Crippen molar-refractivity contribution in [2.75, 3.05) is 6.61 Å². The number of carbonyl (C=O) groups is 2. The van der Waals surface area contributed by atoms with Gasteiger partial charge in [-0.2, -0.15) is 0 Å². The lowest BCUT2D eigenvalue weighted by molar-refractivity contribution is -0.188. The van der Waals surface area contributed by atoms with Crippen LogP contribution in [-0.4, -0.2) is 45.2 Å². The fourth-order valence-electron chi connectivity index (χ4n) is 7.74. The van der Waals surface area contributed by atoms with E-state index < -0.39 is 29.5 Å². The number of rotatable bonds is 3. The van der Waals surface area contributed by atoms with Gasteiger partial charge in [0.05, 0.1) is 6.10 Å². The lowest BCUT2D eigenvalue weighted by Crippen LogP contribution is -2.63. The molecule has 3 saturated carbocycles. The highest BCUT2D eigenvalue weighted by Crippen LogP contribution is 2.68. The van der Waals surface area contributed by atoms with Crippen molar-refractivity contribution < 1.29 is 24.9 Å². The molecule has 5 heteroatoms. The molecule has 0 bridgehead atoms. The van der Waals surface area contributed by atoms with Crippen molar-refractivity contribution in [3.8, 4) is 0 Å². The zero-order valence-corrected chi connectivity index (χ0v) is 16.4. The van der Waals surface area contributed by atoms with Crippen molar-refractivity contribution in [3.63, 3.8) is 0 Å². The Kier molecular flexibility index (Phi) is 4.45. The molecule has 0 aromatic heterocycles. The summed E-state index contributed by atoms with van der Waals surface area (Å²) >= 11 is 0. The standard InChI is InChI=1S/C22H32O5/c1-3-21-11-17(25)19-15(16(21)7-9-22(21,27)18(26)12-23)5-4-13-10-14(24)6-8-20(13,19)2/h10,15-17,19,23,25,27H,3-9,11-12H2,1-2H3/t15-,16-,17-,19+,20-,21-,22-/m0/s1. The summed E-state index contributed by atoms with van der Waals surface area (Å²) in [6, 6.07) is 0. The van der Waals surface area contributed by atoms with Crippen LogP contribution in [0.25, 0.3) is 0 Å². The van der Waals surface area contributed by atoms with Crippen LogP contribution < -0.4 is 0 Å². The molecule has 27 heavy (non-hydrogen) atoms. The molecule has 0 saturated heterocycles. The van der Waals surface area contributed by atoms with Gasteiger partial charge in [-0.05, 0) is 74.2 Å². The lowest BCUT2D eigenvalue weighted by atomic mass is 9.44. The van der Waals surface area contributed by atoms with Gasteiger partial charge in [-0.15, -0.1) is 0 Å². The van der Waals surface area contributed by atoms with E-state index in [9.17, 15) is 24.9 Å². The molecule has 3 N–H and O–H groups in total. The predicted molar refractivity (Wildman–Crippen MR) is 99.8 cm³/mol. The van der Waals surface area contributed by atoms with Crippen LogP contribution in [0.5, 0.6) is 0 Å². The van der Waals surface area contributed by atoms with Crippen LogP contribution in [0.4, 0.5) is 0 Å². The summed E-state index contributed by atoms with van der Waals surface area (Å²) in [6.07, 6.45) is 6.43. The van der Waals surface area contributed by atoms with Gasteiger partial charge in [-0.1, -0.05) is 19.4 Å². The molecule has 4 rings (SSSR count). The van der Waals surface area contributed by atoms with Gasteiger partial charge in [0.25, 0.3) is 0 Å². The van der Waals surface area contributed by atoms with Crippen molar-refractivity contribution in [1.29, 1.82) is 0 Å². The Balaban J connectivity index is 1.76. The van der Waals surface area contributed by atoms with E-state index in [0.29, 0.717) is 25.7 Å². The second-order valence-corrected chi connectivity index (χ2v) is 9.65. The Bertz CT molecular complexity index is 699. The number of ketones is 2. The molecule has 0 aromatic rings. The average Bonchev–Trinajstić information content (AvgIpc) is 2.95. The Labute approximate surface area is 160 Å². The largest absolute Gasteiger partial charge is 0.393 e. The lowest BCUT2D eigenvalue weighted by Gasteiger charge is -2.61.